The van der Waals surface area contributed by atoms with Gasteiger partial charge >= 0.3 is 0 Å². The third-order valence-corrected chi connectivity index (χ3v) is 1.93. The summed E-state index contributed by atoms with van der Waals surface area (Å²) < 4.78 is 0. The molecule has 0 aliphatic heterocycles. The first-order chi connectivity index (χ1) is 5.05. The van der Waals surface area contributed by atoms with Crippen LogP contribution < -0.4 is 0 Å². The molecule has 0 rings (SSSR count). The average molecular weight is 159 g/mol. The molecule has 0 aliphatic rings. The third-order valence-electron chi connectivity index (χ3n) is 1.93. The Labute approximate surface area is 70.5 Å². The van der Waals surface area contributed by atoms with E-state index in [1.165, 1.54) is 0 Å². The Bertz CT molecular complexity index is 97.7. The van der Waals surface area contributed by atoms with Crippen LogP contribution in [0.15, 0.2) is 0 Å². The van der Waals surface area contributed by atoms with E-state index in [1.807, 2.05) is 5.06 Å². The third kappa shape index (κ3) is 4.38. The molecule has 0 N–H and O–H groups in total. The van der Waals surface area contributed by atoms with E-state index in [4.69, 9.17) is 4.84 Å². The van der Waals surface area contributed by atoms with Gasteiger partial charge in [-0.05, 0) is 20.3 Å². The minimum atomic E-state index is -0.00792. The van der Waals surface area contributed by atoms with Gasteiger partial charge in [0.1, 0.15) is 0 Å². The van der Waals surface area contributed by atoms with E-state index in [-0.39, 0.29) is 5.60 Å². The first kappa shape index (κ1) is 10.9. The molecule has 11 heavy (non-hydrogen) atoms. The molecule has 0 aromatic carbocycles. The van der Waals surface area contributed by atoms with Crippen LogP contribution in [0.25, 0.3) is 0 Å². The Kier molecular flexibility index (Phi) is 4.69. The lowest BCUT2D eigenvalue weighted by Gasteiger charge is -2.30. The molecule has 0 unspecified atom stereocenters. The number of hydrogen-bond acceptors (Lipinski definition) is 2. The standard InChI is InChI=1S/C9H21NO/c1-6-9(4,5)11-10(7-2)8-3/h6-8H2,1-5H3. The highest BCUT2D eigenvalue weighted by Crippen LogP contribution is 2.15. The van der Waals surface area contributed by atoms with Crippen molar-refractivity contribution in [3.05, 3.63) is 0 Å². The molecule has 0 spiro atoms. The van der Waals surface area contributed by atoms with Crippen LogP contribution in [0.5, 0.6) is 0 Å². The second-order valence-corrected chi connectivity index (χ2v) is 3.32. The summed E-state index contributed by atoms with van der Waals surface area (Å²) in [6, 6.07) is 0. The first-order valence-corrected chi connectivity index (χ1v) is 4.49. The second kappa shape index (κ2) is 4.73. The van der Waals surface area contributed by atoms with E-state index in [0.717, 1.165) is 19.5 Å². The van der Waals surface area contributed by atoms with E-state index < -0.39 is 0 Å². The Morgan fingerprint density at radius 2 is 1.55 bits per heavy atom. The van der Waals surface area contributed by atoms with Crippen molar-refractivity contribution in [1.29, 1.82) is 0 Å². The van der Waals surface area contributed by atoms with Crippen LogP contribution in [0.1, 0.15) is 41.0 Å². The first-order valence-electron chi connectivity index (χ1n) is 4.49. The van der Waals surface area contributed by atoms with Gasteiger partial charge in [-0.3, -0.25) is 4.84 Å². The summed E-state index contributed by atoms with van der Waals surface area (Å²) in [7, 11) is 0. The molecule has 0 saturated carbocycles. The zero-order chi connectivity index (χ0) is 8.91. The number of rotatable bonds is 5. The zero-order valence-corrected chi connectivity index (χ0v) is 8.48. The maximum absolute atomic E-state index is 5.72. The van der Waals surface area contributed by atoms with Crippen molar-refractivity contribution in [2.24, 2.45) is 0 Å². The van der Waals surface area contributed by atoms with Gasteiger partial charge in [0.25, 0.3) is 0 Å². The van der Waals surface area contributed by atoms with Crippen molar-refractivity contribution >= 4 is 0 Å². The quantitative estimate of drug-likeness (QED) is 0.571. The summed E-state index contributed by atoms with van der Waals surface area (Å²) >= 11 is 0. The van der Waals surface area contributed by atoms with Crippen LogP contribution in [-0.4, -0.2) is 23.8 Å². The number of nitrogens with zero attached hydrogens (tertiary/aromatic N) is 1. The lowest BCUT2D eigenvalue weighted by Crippen LogP contribution is -2.35. The van der Waals surface area contributed by atoms with Gasteiger partial charge in [0.05, 0.1) is 5.60 Å². The molecular formula is C9H21NO. The molecular weight excluding hydrogens is 138 g/mol. The van der Waals surface area contributed by atoms with Crippen molar-refractivity contribution in [3.63, 3.8) is 0 Å². The molecule has 0 saturated heterocycles. The van der Waals surface area contributed by atoms with Crippen molar-refractivity contribution in [2.75, 3.05) is 13.1 Å². The molecule has 2 heteroatoms. The van der Waals surface area contributed by atoms with E-state index in [2.05, 4.69) is 34.6 Å². The van der Waals surface area contributed by atoms with Gasteiger partial charge in [-0.25, -0.2) is 0 Å². The van der Waals surface area contributed by atoms with E-state index >= 15 is 0 Å². The van der Waals surface area contributed by atoms with Gasteiger partial charge in [-0.1, -0.05) is 20.8 Å². The van der Waals surface area contributed by atoms with Crippen LogP contribution in [0.4, 0.5) is 0 Å². The van der Waals surface area contributed by atoms with Gasteiger partial charge in [-0.15, -0.1) is 0 Å². The molecule has 0 bridgehead atoms. The van der Waals surface area contributed by atoms with Gasteiger partial charge in [0.15, 0.2) is 0 Å². The van der Waals surface area contributed by atoms with Crippen LogP contribution >= 0.6 is 0 Å². The predicted octanol–water partition coefficient (Wildman–Crippen LogP) is 2.45. The molecule has 0 amide bonds. The average Bonchev–Trinajstić information content (AvgIpc) is 2.00. The highest BCUT2D eigenvalue weighted by Gasteiger charge is 2.18. The van der Waals surface area contributed by atoms with Crippen LogP contribution in [0.3, 0.4) is 0 Å². The minimum Gasteiger partial charge on any atom is -0.293 e. The van der Waals surface area contributed by atoms with E-state index in [1.54, 1.807) is 0 Å². The Morgan fingerprint density at radius 1 is 1.09 bits per heavy atom. The monoisotopic (exact) mass is 159 g/mol. The van der Waals surface area contributed by atoms with E-state index in [0.29, 0.717) is 0 Å². The maximum Gasteiger partial charge on any atom is 0.0841 e. The van der Waals surface area contributed by atoms with Crippen molar-refractivity contribution in [1.82, 2.24) is 5.06 Å². The fraction of sp³-hybridized carbons (Fsp3) is 1.00. The molecule has 0 fully saturated rings. The van der Waals surface area contributed by atoms with Crippen LogP contribution in [0, 0.1) is 0 Å². The molecule has 0 aromatic rings. The number of hydrogen-bond donors (Lipinski definition) is 0. The van der Waals surface area contributed by atoms with Crippen molar-refractivity contribution < 1.29 is 4.84 Å². The molecule has 2 nitrogen and oxygen atoms in total. The summed E-state index contributed by atoms with van der Waals surface area (Å²) in [6.07, 6.45) is 1.05. The Hall–Kier alpha value is -0.0800. The lowest BCUT2D eigenvalue weighted by molar-refractivity contribution is -0.231. The predicted molar refractivity (Wildman–Crippen MR) is 48.4 cm³/mol. The molecule has 68 valence electrons. The van der Waals surface area contributed by atoms with Gasteiger partial charge < -0.3 is 0 Å². The highest BCUT2D eigenvalue weighted by molar-refractivity contribution is 4.63. The second-order valence-electron chi connectivity index (χ2n) is 3.32. The molecule has 0 radical (unpaired) electrons. The fourth-order valence-corrected chi connectivity index (χ4v) is 0.767. The maximum atomic E-state index is 5.72. The van der Waals surface area contributed by atoms with Gasteiger partial charge in [0, 0.05) is 13.1 Å². The molecule has 0 atom stereocenters. The normalized spacial score (nSPS) is 12.5. The summed E-state index contributed by atoms with van der Waals surface area (Å²) in [5.74, 6) is 0. The van der Waals surface area contributed by atoms with Gasteiger partial charge in [0.2, 0.25) is 0 Å². The van der Waals surface area contributed by atoms with Crippen LogP contribution in [0.2, 0.25) is 0 Å². The Balaban J connectivity index is 3.79. The summed E-state index contributed by atoms with van der Waals surface area (Å²) in [6.45, 7) is 12.5. The largest absolute Gasteiger partial charge is 0.293 e. The smallest absolute Gasteiger partial charge is 0.0841 e. The van der Waals surface area contributed by atoms with Crippen molar-refractivity contribution in [2.45, 2.75) is 46.6 Å². The zero-order valence-electron chi connectivity index (χ0n) is 8.48. The van der Waals surface area contributed by atoms with Crippen molar-refractivity contribution in [3.8, 4) is 0 Å². The fourth-order valence-electron chi connectivity index (χ4n) is 0.767. The molecule has 0 aromatic heterocycles. The number of hydroxylamine groups is 2. The molecule has 0 heterocycles. The lowest BCUT2D eigenvalue weighted by atomic mass is 10.1. The highest BCUT2D eigenvalue weighted by atomic mass is 16.7. The summed E-state index contributed by atoms with van der Waals surface area (Å²) in [5, 5.41) is 1.99. The van der Waals surface area contributed by atoms with E-state index in [9.17, 15) is 0 Å². The van der Waals surface area contributed by atoms with Crippen LogP contribution in [-0.2, 0) is 4.84 Å². The Morgan fingerprint density at radius 3 is 1.82 bits per heavy atom. The summed E-state index contributed by atoms with van der Waals surface area (Å²) in [5.41, 5.74) is -0.00792. The minimum absolute atomic E-state index is 0.00792. The SMILES string of the molecule is CCN(CC)OC(C)(C)CC. The molecule has 0 aliphatic carbocycles. The summed E-state index contributed by atoms with van der Waals surface area (Å²) in [4.78, 5) is 5.72. The van der Waals surface area contributed by atoms with Gasteiger partial charge in [-0.2, -0.15) is 5.06 Å². The topological polar surface area (TPSA) is 12.5 Å².